The van der Waals surface area contributed by atoms with Crippen LogP contribution in [0.2, 0.25) is 0 Å². The van der Waals surface area contributed by atoms with E-state index in [4.69, 9.17) is 0 Å². The van der Waals surface area contributed by atoms with Crippen molar-refractivity contribution >= 4 is 40.4 Å². The number of nitrogens with one attached hydrogen (secondary N) is 3. The van der Waals surface area contributed by atoms with Crippen LogP contribution in [0.4, 0.5) is 0 Å². The molecular formula is C31H35N7O3S2. The topological polar surface area (TPSA) is 129 Å². The lowest BCUT2D eigenvalue weighted by molar-refractivity contribution is -0.123. The van der Waals surface area contributed by atoms with Gasteiger partial charge in [-0.05, 0) is 42.0 Å². The van der Waals surface area contributed by atoms with Crippen LogP contribution in [0.1, 0.15) is 74.5 Å². The Morgan fingerprint density at radius 3 is 2.33 bits per heavy atom. The molecule has 4 heterocycles. The molecule has 0 saturated heterocycles. The highest BCUT2D eigenvalue weighted by atomic mass is 32.1. The van der Waals surface area contributed by atoms with Gasteiger partial charge in [0.2, 0.25) is 5.91 Å². The largest absolute Gasteiger partial charge is 0.351 e. The summed E-state index contributed by atoms with van der Waals surface area (Å²) >= 11 is 2.71. The molecule has 43 heavy (non-hydrogen) atoms. The van der Waals surface area contributed by atoms with Gasteiger partial charge in [0.1, 0.15) is 21.4 Å². The van der Waals surface area contributed by atoms with Crippen molar-refractivity contribution in [3.8, 4) is 0 Å². The van der Waals surface area contributed by atoms with E-state index in [2.05, 4.69) is 35.8 Å². The van der Waals surface area contributed by atoms with Crippen molar-refractivity contribution in [1.29, 1.82) is 0 Å². The Kier molecular flexibility index (Phi) is 10.2. The fourth-order valence-corrected chi connectivity index (χ4v) is 6.73. The number of nitrogens with zero attached hydrogens (tertiary/aromatic N) is 4. The molecule has 1 aliphatic rings. The van der Waals surface area contributed by atoms with Gasteiger partial charge >= 0.3 is 0 Å². The predicted molar refractivity (Wildman–Crippen MR) is 167 cm³/mol. The summed E-state index contributed by atoms with van der Waals surface area (Å²) in [7, 11) is 0. The van der Waals surface area contributed by atoms with Crippen molar-refractivity contribution < 1.29 is 14.4 Å². The number of benzene rings is 1. The maximum absolute atomic E-state index is 13.5. The maximum Gasteiger partial charge on any atom is 0.271 e. The average Bonchev–Trinajstić information content (AvgIpc) is 3.69. The minimum atomic E-state index is -0.409. The number of aromatic nitrogens is 3. The summed E-state index contributed by atoms with van der Waals surface area (Å²) in [6.07, 6.45) is 4.65. The number of hydrogen-bond donors (Lipinski definition) is 3. The standard InChI is InChI=1S/C31H35N7O3S2/c1-20(2)27-31-36-24(18-43-31)28(40)33-11-6-14-38(16-22-9-12-32-13-10-22)17-26(39)34-23(15-21-7-4-3-5-8-21)30-35-25(19-42-30)29(41)37-27/h3-5,7-10,12-13,18-20,23,27H,6,11,14-17H2,1-2H3,(H,33,40)(H,34,39)(H,37,41)/t23-,27-/m0/s1. The first-order valence-corrected chi connectivity index (χ1v) is 16.1. The fraction of sp³-hybridized carbons (Fsp3) is 0.355. The second kappa shape index (κ2) is 14.5. The summed E-state index contributed by atoms with van der Waals surface area (Å²) < 4.78 is 0. The number of thiazole rings is 2. The summed E-state index contributed by atoms with van der Waals surface area (Å²) in [5.74, 6) is -0.698. The average molecular weight is 618 g/mol. The van der Waals surface area contributed by atoms with Gasteiger partial charge < -0.3 is 16.0 Å². The number of carbonyl (C=O) groups is 3. The summed E-state index contributed by atoms with van der Waals surface area (Å²) in [6, 6.07) is 13.0. The first-order chi connectivity index (χ1) is 20.9. The van der Waals surface area contributed by atoms with Gasteiger partial charge in [-0.2, -0.15) is 0 Å². The third-order valence-electron chi connectivity index (χ3n) is 7.10. The molecule has 224 valence electrons. The van der Waals surface area contributed by atoms with E-state index in [0.717, 1.165) is 11.1 Å². The number of amides is 3. The smallest absolute Gasteiger partial charge is 0.271 e. The first-order valence-electron chi connectivity index (χ1n) is 14.3. The minimum Gasteiger partial charge on any atom is -0.351 e. The molecule has 10 nitrogen and oxygen atoms in total. The molecule has 0 spiro atoms. The highest BCUT2D eigenvalue weighted by molar-refractivity contribution is 7.10. The molecular weight excluding hydrogens is 583 g/mol. The molecule has 4 aromatic rings. The van der Waals surface area contributed by atoms with Gasteiger partial charge in [-0.1, -0.05) is 44.2 Å². The Bertz CT molecular complexity index is 1520. The van der Waals surface area contributed by atoms with E-state index in [9.17, 15) is 14.4 Å². The van der Waals surface area contributed by atoms with Crippen molar-refractivity contribution in [2.45, 2.75) is 45.3 Å². The number of fused-ring (bicyclic) bond motifs is 4. The number of pyridine rings is 1. The Hall–Kier alpha value is -4.00. The third-order valence-corrected chi connectivity index (χ3v) is 8.99. The van der Waals surface area contributed by atoms with E-state index >= 15 is 0 Å². The molecule has 0 aliphatic carbocycles. The molecule has 3 amide bonds. The van der Waals surface area contributed by atoms with Crippen LogP contribution in [0.3, 0.4) is 0 Å². The lowest BCUT2D eigenvalue weighted by atomic mass is 10.0. The lowest BCUT2D eigenvalue weighted by Gasteiger charge is -2.24. The van der Waals surface area contributed by atoms with Gasteiger partial charge in [0, 0.05) is 42.8 Å². The van der Waals surface area contributed by atoms with Gasteiger partial charge in [-0.3, -0.25) is 24.3 Å². The molecule has 1 aromatic carbocycles. The molecule has 2 atom stereocenters. The van der Waals surface area contributed by atoms with Crippen molar-refractivity contribution in [2.75, 3.05) is 19.6 Å². The van der Waals surface area contributed by atoms with Crippen LogP contribution in [0, 0.1) is 5.92 Å². The molecule has 12 heteroatoms. The van der Waals surface area contributed by atoms with Crippen LogP contribution in [-0.4, -0.2) is 57.2 Å². The SMILES string of the molecule is CC(C)[C@@H]1NC(=O)c2csc(n2)[C@H](Cc2ccccc2)NC(=O)CN(Cc2ccncc2)CCCNC(=O)c2csc1n2. The van der Waals surface area contributed by atoms with E-state index < -0.39 is 6.04 Å². The molecule has 0 fully saturated rings. The van der Waals surface area contributed by atoms with Gasteiger partial charge in [0.05, 0.1) is 18.6 Å². The Labute approximate surface area is 259 Å². The van der Waals surface area contributed by atoms with Crippen molar-refractivity contribution in [3.63, 3.8) is 0 Å². The van der Waals surface area contributed by atoms with Crippen LogP contribution in [0.25, 0.3) is 0 Å². The zero-order valence-electron chi connectivity index (χ0n) is 24.2. The zero-order chi connectivity index (χ0) is 30.2. The third kappa shape index (κ3) is 8.31. The Morgan fingerprint density at radius 2 is 1.58 bits per heavy atom. The maximum atomic E-state index is 13.5. The van der Waals surface area contributed by atoms with Crippen LogP contribution in [-0.2, 0) is 17.8 Å². The molecule has 0 saturated carbocycles. The first kappa shape index (κ1) is 30.5. The second-order valence-electron chi connectivity index (χ2n) is 10.8. The fourth-order valence-electron chi connectivity index (χ4n) is 4.86. The van der Waals surface area contributed by atoms with Crippen molar-refractivity contribution in [2.24, 2.45) is 5.92 Å². The predicted octanol–water partition coefficient (Wildman–Crippen LogP) is 4.16. The molecule has 0 radical (unpaired) electrons. The molecule has 4 bridgehead atoms. The Morgan fingerprint density at radius 1 is 0.884 bits per heavy atom. The second-order valence-corrected chi connectivity index (χ2v) is 12.6. The zero-order valence-corrected chi connectivity index (χ0v) is 25.8. The van der Waals surface area contributed by atoms with Crippen LogP contribution < -0.4 is 16.0 Å². The van der Waals surface area contributed by atoms with Gasteiger partial charge in [-0.15, -0.1) is 22.7 Å². The van der Waals surface area contributed by atoms with E-state index in [-0.39, 0.29) is 41.9 Å². The monoisotopic (exact) mass is 617 g/mol. The van der Waals surface area contributed by atoms with E-state index in [1.54, 1.807) is 23.2 Å². The summed E-state index contributed by atoms with van der Waals surface area (Å²) in [4.78, 5) is 55.1. The van der Waals surface area contributed by atoms with Crippen molar-refractivity contribution in [1.82, 2.24) is 35.8 Å². The van der Waals surface area contributed by atoms with Crippen molar-refractivity contribution in [3.05, 3.63) is 98.1 Å². The van der Waals surface area contributed by atoms with E-state index in [1.807, 2.05) is 56.3 Å². The number of carbonyl (C=O) groups excluding carboxylic acids is 3. The van der Waals surface area contributed by atoms with Crippen LogP contribution in [0.5, 0.6) is 0 Å². The van der Waals surface area contributed by atoms with Crippen LogP contribution in [0.15, 0.2) is 65.6 Å². The van der Waals surface area contributed by atoms with Gasteiger partial charge in [-0.25, -0.2) is 9.97 Å². The molecule has 3 N–H and O–H groups in total. The quantitative estimate of drug-likeness (QED) is 0.307. The molecule has 1 aliphatic heterocycles. The van der Waals surface area contributed by atoms with Gasteiger partial charge in [0.15, 0.2) is 0 Å². The molecule has 5 rings (SSSR count). The summed E-state index contributed by atoms with van der Waals surface area (Å²) in [5.41, 5.74) is 2.70. The lowest BCUT2D eigenvalue weighted by Crippen LogP contribution is -2.40. The highest BCUT2D eigenvalue weighted by Crippen LogP contribution is 2.27. The number of hydrogen-bond acceptors (Lipinski definition) is 9. The Balaban J connectivity index is 1.44. The van der Waals surface area contributed by atoms with E-state index in [1.165, 1.54) is 22.7 Å². The van der Waals surface area contributed by atoms with Crippen LogP contribution >= 0.6 is 22.7 Å². The minimum absolute atomic E-state index is 0.0368. The summed E-state index contributed by atoms with van der Waals surface area (Å²) in [5, 5.41) is 14.0. The normalized spacial score (nSPS) is 19.1. The van der Waals surface area contributed by atoms with Gasteiger partial charge in [0.25, 0.3) is 11.8 Å². The molecule has 3 aromatic heterocycles. The molecule has 0 unspecified atom stereocenters. The van der Waals surface area contributed by atoms with E-state index in [0.29, 0.717) is 48.2 Å². The highest BCUT2D eigenvalue weighted by Gasteiger charge is 2.27. The summed E-state index contributed by atoms with van der Waals surface area (Å²) in [6.45, 7) is 5.74. The number of rotatable bonds is 5.